The third-order valence-corrected chi connectivity index (χ3v) is 6.24. The SMILES string of the molecule is CC1(C)O[C@@H]2[C@@H](c3nc(N)c4cc[nH]c4n3)O[C@H](Cc3ccc4c(c3)OCO4)[C@@]2(C)O1. The molecule has 5 heterocycles. The fourth-order valence-corrected chi connectivity index (χ4v) is 4.87. The monoisotopic (exact) mass is 424 g/mol. The second kappa shape index (κ2) is 6.32. The van der Waals surface area contributed by atoms with E-state index in [0.29, 0.717) is 23.7 Å². The first-order valence-electron chi connectivity index (χ1n) is 10.3. The molecule has 0 bridgehead atoms. The third kappa shape index (κ3) is 2.88. The van der Waals surface area contributed by atoms with Crippen molar-refractivity contribution in [1.82, 2.24) is 15.0 Å². The molecule has 3 aliphatic rings. The molecule has 0 aliphatic carbocycles. The van der Waals surface area contributed by atoms with Crippen LogP contribution in [-0.4, -0.2) is 45.3 Å². The smallest absolute Gasteiger partial charge is 0.231 e. The Morgan fingerprint density at radius 2 is 1.97 bits per heavy atom. The zero-order chi connectivity index (χ0) is 21.4. The number of aromatic nitrogens is 3. The van der Waals surface area contributed by atoms with E-state index >= 15 is 0 Å². The summed E-state index contributed by atoms with van der Waals surface area (Å²) >= 11 is 0. The van der Waals surface area contributed by atoms with E-state index in [2.05, 4.69) is 15.0 Å². The van der Waals surface area contributed by atoms with Crippen molar-refractivity contribution in [2.75, 3.05) is 12.5 Å². The van der Waals surface area contributed by atoms with Crippen molar-refractivity contribution in [3.8, 4) is 11.5 Å². The fourth-order valence-electron chi connectivity index (χ4n) is 4.87. The number of nitrogen functional groups attached to an aromatic ring is 1. The maximum Gasteiger partial charge on any atom is 0.231 e. The Labute approximate surface area is 178 Å². The maximum absolute atomic E-state index is 6.50. The highest BCUT2D eigenvalue weighted by molar-refractivity contribution is 5.85. The van der Waals surface area contributed by atoms with Crippen molar-refractivity contribution < 1.29 is 23.7 Å². The Morgan fingerprint density at radius 3 is 2.84 bits per heavy atom. The predicted molar refractivity (Wildman–Crippen MR) is 111 cm³/mol. The lowest BCUT2D eigenvalue weighted by atomic mass is 9.89. The minimum atomic E-state index is -0.753. The first-order chi connectivity index (χ1) is 14.8. The minimum absolute atomic E-state index is 0.242. The van der Waals surface area contributed by atoms with Gasteiger partial charge in [-0.25, -0.2) is 9.97 Å². The van der Waals surface area contributed by atoms with Crippen LogP contribution in [0.2, 0.25) is 0 Å². The first-order valence-corrected chi connectivity index (χ1v) is 10.3. The summed E-state index contributed by atoms with van der Waals surface area (Å²) in [7, 11) is 0. The van der Waals surface area contributed by atoms with E-state index in [9.17, 15) is 0 Å². The van der Waals surface area contributed by atoms with E-state index < -0.39 is 17.5 Å². The Bertz CT molecular complexity index is 1180. The lowest BCUT2D eigenvalue weighted by molar-refractivity contribution is -0.203. The summed E-state index contributed by atoms with van der Waals surface area (Å²) in [5, 5.41) is 0.783. The average molecular weight is 424 g/mol. The van der Waals surface area contributed by atoms with Crippen LogP contribution in [0.1, 0.15) is 38.3 Å². The summed E-state index contributed by atoms with van der Waals surface area (Å²) in [5.74, 6) is 1.63. The highest BCUT2D eigenvalue weighted by Gasteiger charge is 2.64. The molecule has 2 aromatic heterocycles. The van der Waals surface area contributed by atoms with E-state index in [-0.39, 0.29) is 19.0 Å². The maximum atomic E-state index is 6.50. The van der Waals surface area contributed by atoms with Crippen molar-refractivity contribution in [3.05, 3.63) is 41.9 Å². The molecule has 0 saturated carbocycles. The van der Waals surface area contributed by atoms with E-state index in [4.69, 9.17) is 29.4 Å². The van der Waals surface area contributed by atoms with E-state index in [1.807, 2.05) is 45.0 Å². The molecule has 0 radical (unpaired) electrons. The van der Waals surface area contributed by atoms with Crippen LogP contribution < -0.4 is 15.2 Å². The lowest BCUT2D eigenvalue weighted by Gasteiger charge is -2.29. The highest BCUT2D eigenvalue weighted by Crippen LogP contribution is 2.52. The van der Waals surface area contributed by atoms with Crippen LogP contribution in [-0.2, 0) is 20.6 Å². The Kier molecular flexibility index (Phi) is 3.84. The van der Waals surface area contributed by atoms with Gasteiger partial charge in [0.25, 0.3) is 0 Å². The second-order valence-electron chi connectivity index (χ2n) is 8.87. The minimum Gasteiger partial charge on any atom is -0.454 e. The largest absolute Gasteiger partial charge is 0.454 e. The molecule has 6 rings (SSSR count). The lowest BCUT2D eigenvalue weighted by Crippen LogP contribution is -2.44. The zero-order valence-corrected chi connectivity index (χ0v) is 17.5. The van der Waals surface area contributed by atoms with E-state index in [1.165, 1.54) is 0 Å². The first kappa shape index (κ1) is 18.9. The molecule has 31 heavy (non-hydrogen) atoms. The van der Waals surface area contributed by atoms with Crippen LogP contribution in [0.5, 0.6) is 11.5 Å². The molecule has 9 heteroatoms. The molecular formula is C22H24N4O5. The molecule has 2 fully saturated rings. The predicted octanol–water partition coefficient (Wildman–Crippen LogP) is 2.86. The fraction of sp³-hybridized carbons (Fsp3) is 0.455. The number of nitrogens with two attached hydrogens (primary N) is 1. The van der Waals surface area contributed by atoms with Crippen LogP contribution in [0.3, 0.4) is 0 Å². The second-order valence-corrected chi connectivity index (χ2v) is 8.87. The normalized spacial score (nSPS) is 30.7. The van der Waals surface area contributed by atoms with Crippen molar-refractivity contribution >= 4 is 16.9 Å². The number of hydrogen-bond donors (Lipinski definition) is 2. The summed E-state index contributed by atoms with van der Waals surface area (Å²) in [6, 6.07) is 7.78. The van der Waals surface area contributed by atoms with Crippen molar-refractivity contribution in [3.63, 3.8) is 0 Å². The van der Waals surface area contributed by atoms with Gasteiger partial charge in [-0.2, -0.15) is 0 Å². The van der Waals surface area contributed by atoms with Gasteiger partial charge in [-0.3, -0.25) is 0 Å². The molecule has 9 nitrogen and oxygen atoms in total. The number of nitrogens with one attached hydrogen (secondary N) is 1. The molecule has 1 aromatic carbocycles. The molecular weight excluding hydrogens is 400 g/mol. The number of nitrogens with zero attached hydrogens (tertiary/aromatic N) is 2. The third-order valence-electron chi connectivity index (χ3n) is 6.24. The quantitative estimate of drug-likeness (QED) is 0.660. The standard InChI is InChI=1S/C22H24N4O5/c1-21(2)30-17-16(20-25-18(23)12-6-7-24-19(12)26-20)29-15(22(17,3)31-21)9-11-4-5-13-14(8-11)28-10-27-13/h4-8,15-17H,9-10H2,1-3H3,(H3,23,24,25,26)/t15-,16+,17-,22-/m1/s1. The van der Waals surface area contributed by atoms with Crippen molar-refractivity contribution in [1.29, 1.82) is 0 Å². The van der Waals surface area contributed by atoms with Crippen LogP contribution in [0, 0.1) is 0 Å². The van der Waals surface area contributed by atoms with Crippen LogP contribution >= 0.6 is 0 Å². The van der Waals surface area contributed by atoms with Gasteiger partial charge >= 0.3 is 0 Å². The molecule has 3 N–H and O–H groups in total. The van der Waals surface area contributed by atoms with Crippen LogP contribution in [0.25, 0.3) is 11.0 Å². The Balaban J connectivity index is 1.37. The number of rotatable bonds is 3. The van der Waals surface area contributed by atoms with Gasteiger partial charge in [-0.1, -0.05) is 6.07 Å². The number of hydrogen-bond acceptors (Lipinski definition) is 8. The van der Waals surface area contributed by atoms with Gasteiger partial charge in [0.05, 0.1) is 11.5 Å². The molecule has 162 valence electrons. The summed E-state index contributed by atoms with van der Waals surface area (Å²) in [4.78, 5) is 12.3. The van der Waals surface area contributed by atoms with E-state index in [1.54, 1.807) is 6.20 Å². The van der Waals surface area contributed by atoms with Crippen molar-refractivity contribution in [2.45, 2.75) is 56.9 Å². The van der Waals surface area contributed by atoms with Gasteiger partial charge in [0.15, 0.2) is 23.1 Å². The summed E-state index contributed by atoms with van der Waals surface area (Å²) in [6.45, 7) is 6.09. The Hall–Kier alpha value is -2.88. The topological polar surface area (TPSA) is 114 Å². The van der Waals surface area contributed by atoms with Gasteiger partial charge in [0, 0.05) is 12.6 Å². The average Bonchev–Trinajstić information content (AvgIpc) is 3.45. The molecule has 0 unspecified atom stereocenters. The number of H-pyrrole nitrogens is 1. The number of aromatic amines is 1. The van der Waals surface area contributed by atoms with Crippen LogP contribution in [0.4, 0.5) is 5.82 Å². The summed E-state index contributed by atoms with van der Waals surface area (Å²) in [6.07, 6.45) is 1.22. The van der Waals surface area contributed by atoms with Gasteiger partial charge in [-0.15, -0.1) is 0 Å². The van der Waals surface area contributed by atoms with Gasteiger partial charge < -0.3 is 34.4 Å². The molecule has 4 atom stereocenters. The number of anilines is 1. The van der Waals surface area contributed by atoms with E-state index in [0.717, 1.165) is 22.4 Å². The zero-order valence-electron chi connectivity index (χ0n) is 17.5. The van der Waals surface area contributed by atoms with Gasteiger partial charge in [-0.05, 0) is 44.5 Å². The summed E-state index contributed by atoms with van der Waals surface area (Å²) in [5.41, 5.74) is 7.22. The Morgan fingerprint density at radius 1 is 1.13 bits per heavy atom. The van der Waals surface area contributed by atoms with Gasteiger partial charge in [0.2, 0.25) is 6.79 Å². The molecule has 3 aliphatic heterocycles. The molecule has 3 aromatic rings. The summed E-state index contributed by atoms with van der Waals surface area (Å²) < 4.78 is 30.1. The molecule has 2 saturated heterocycles. The highest BCUT2D eigenvalue weighted by atomic mass is 16.8. The molecule has 0 spiro atoms. The molecule has 0 amide bonds. The number of fused-ring (bicyclic) bond motifs is 3. The van der Waals surface area contributed by atoms with Crippen molar-refractivity contribution in [2.24, 2.45) is 0 Å². The number of ether oxygens (including phenoxy) is 5. The number of benzene rings is 1. The van der Waals surface area contributed by atoms with Crippen LogP contribution in [0.15, 0.2) is 30.5 Å². The van der Waals surface area contributed by atoms with Gasteiger partial charge in [0.1, 0.15) is 29.3 Å².